The minimum atomic E-state index is -0.395. The Bertz CT molecular complexity index is 1450. The molecule has 3 N–H and O–H groups in total. The number of nitrogens with zero attached hydrogens (tertiary/aromatic N) is 5. The highest BCUT2D eigenvalue weighted by atomic mass is 19.1. The number of hydrogen-bond acceptors (Lipinski definition) is 9. The largest absolute Gasteiger partial charge is 0.481 e. The van der Waals surface area contributed by atoms with Crippen molar-refractivity contribution in [2.24, 2.45) is 11.1 Å². The van der Waals surface area contributed by atoms with E-state index in [1.807, 2.05) is 6.92 Å². The second-order valence-electron chi connectivity index (χ2n) is 10.2. The Morgan fingerprint density at radius 1 is 1.22 bits per heavy atom. The van der Waals surface area contributed by atoms with Gasteiger partial charge in [0, 0.05) is 38.2 Å². The van der Waals surface area contributed by atoms with Gasteiger partial charge in [-0.2, -0.15) is 0 Å². The first kappa shape index (κ1) is 28.2. The van der Waals surface area contributed by atoms with Crippen molar-refractivity contribution >= 4 is 17.7 Å². The Hall–Kier alpha value is -4.32. The molecule has 216 valence electrons. The highest BCUT2D eigenvalue weighted by Crippen LogP contribution is 2.34. The van der Waals surface area contributed by atoms with Gasteiger partial charge in [-0.15, -0.1) is 0 Å². The summed E-state index contributed by atoms with van der Waals surface area (Å²) in [6.07, 6.45) is 2.38. The zero-order valence-electron chi connectivity index (χ0n) is 23.4. The van der Waals surface area contributed by atoms with Gasteiger partial charge in [0.05, 0.1) is 42.4 Å². The van der Waals surface area contributed by atoms with Crippen LogP contribution in [0.25, 0.3) is 11.3 Å². The number of hydrogen-bond donors (Lipinski definition) is 2. The molecule has 0 saturated carbocycles. The van der Waals surface area contributed by atoms with Gasteiger partial charge in [0.15, 0.2) is 12.4 Å². The molecule has 1 saturated heterocycles. The van der Waals surface area contributed by atoms with Crippen molar-refractivity contribution in [1.82, 2.24) is 25.2 Å². The van der Waals surface area contributed by atoms with Gasteiger partial charge in [-0.3, -0.25) is 4.79 Å². The SMILES string of the molecule is COCC1CCCN(C(=O)CON=C2NC(c3ccc(F)cc3-c3cccc(OC)n3)Cc3nc(N)nc(C)c32)C1. The molecule has 0 aliphatic carbocycles. The highest BCUT2D eigenvalue weighted by molar-refractivity contribution is 6.01. The molecule has 1 aromatic carbocycles. The lowest BCUT2D eigenvalue weighted by molar-refractivity contribution is -0.138. The van der Waals surface area contributed by atoms with E-state index in [1.165, 1.54) is 19.2 Å². The summed E-state index contributed by atoms with van der Waals surface area (Å²) in [4.78, 5) is 33.6. The average Bonchev–Trinajstić information content (AvgIpc) is 2.97. The number of piperidine rings is 1. The summed E-state index contributed by atoms with van der Waals surface area (Å²) in [6.45, 7) is 3.53. The van der Waals surface area contributed by atoms with E-state index < -0.39 is 5.82 Å². The number of nitrogen functional groups attached to an aromatic ring is 1. The lowest BCUT2D eigenvalue weighted by Crippen LogP contribution is -2.43. The number of carbonyl (C=O) groups is 1. The van der Waals surface area contributed by atoms with Crippen LogP contribution >= 0.6 is 0 Å². The smallest absolute Gasteiger partial charge is 0.263 e. The summed E-state index contributed by atoms with van der Waals surface area (Å²) in [6, 6.07) is 9.49. The maximum absolute atomic E-state index is 14.5. The lowest BCUT2D eigenvalue weighted by atomic mass is 9.90. The number of nitrogens with two attached hydrogens (primary N) is 1. The van der Waals surface area contributed by atoms with Gasteiger partial charge in [0.1, 0.15) is 5.82 Å². The fourth-order valence-electron chi connectivity index (χ4n) is 5.49. The Morgan fingerprint density at radius 2 is 2.07 bits per heavy atom. The monoisotopic (exact) mass is 563 g/mol. The molecule has 12 heteroatoms. The quantitative estimate of drug-likeness (QED) is 0.396. The van der Waals surface area contributed by atoms with Gasteiger partial charge in [-0.05, 0) is 49.4 Å². The van der Waals surface area contributed by atoms with Crippen molar-refractivity contribution in [3.63, 3.8) is 0 Å². The fourth-order valence-corrected chi connectivity index (χ4v) is 5.49. The highest BCUT2D eigenvalue weighted by Gasteiger charge is 2.31. The number of amides is 1. The van der Waals surface area contributed by atoms with Crippen LogP contribution in [-0.2, 0) is 20.8 Å². The first-order chi connectivity index (χ1) is 19.9. The van der Waals surface area contributed by atoms with Crippen LogP contribution in [0.4, 0.5) is 10.3 Å². The molecule has 2 aliphatic heterocycles. The molecule has 5 rings (SSSR count). The van der Waals surface area contributed by atoms with Crippen molar-refractivity contribution in [1.29, 1.82) is 0 Å². The minimum absolute atomic E-state index is 0.141. The van der Waals surface area contributed by atoms with Crippen LogP contribution < -0.4 is 15.8 Å². The number of amidine groups is 1. The van der Waals surface area contributed by atoms with Crippen LogP contribution in [0.5, 0.6) is 5.88 Å². The minimum Gasteiger partial charge on any atom is -0.481 e. The molecule has 4 heterocycles. The van der Waals surface area contributed by atoms with E-state index in [-0.39, 0.29) is 24.5 Å². The number of anilines is 1. The summed E-state index contributed by atoms with van der Waals surface area (Å²) in [7, 11) is 3.20. The zero-order chi connectivity index (χ0) is 28.9. The van der Waals surface area contributed by atoms with Crippen molar-refractivity contribution < 1.29 is 23.5 Å². The van der Waals surface area contributed by atoms with Gasteiger partial charge in [-0.25, -0.2) is 19.3 Å². The summed E-state index contributed by atoms with van der Waals surface area (Å²) >= 11 is 0. The molecule has 2 atom stereocenters. The first-order valence-electron chi connectivity index (χ1n) is 13.5. The van der Waals surface area contributed by atoms with E-state index in [1.54, 1.807) is 36.3 Å². The number of oxime groups is 1. The van der Waals surface area contributed by atoms with Crippen LogP contribution in [0.3, 0.4) is 0 Å². The molecule has 1 amide bonds. The Labute approximate surface area is 237 Å². The number of pyridine rings is 1. The van der Waals surface area contributed by atoms with Gasteiger partial charge in [-0.1, -0.05) is 17.3 Å². The van der Waals surface area contributed by atoms with Crippen LogP contribution in [0, 0.1) is 18.7 Å². The third kappa shape index (κ3) is 6.37. The van der Waals surface area contributed by atoms with Crippen LogP contribution in [0.2, 0.25) is 0 Å². The second-order valence-corrected chi connectivity index (χ2v) is 10.2. The van der Waals surface area contributed by atoms with Crippen molar-refractivity contribution in [3.05, 3.63) is 64.7 Å². The van der Waals surface area contributed by atoms with Crippen molar-refractivity contribution in [2.75, 3.05) is 46.3 Å². The molecule has 2 aromatic heterocycles. The first-order valence-corrected chi connectivity index (χ1v) is 13.5. The van der Waals surface area contributed by atoms with E-state index in [4.69, 9.17) is 20.0 Å². The van der Waals surface area contributed by atoms with Gasteiger partial charge < -0.3 is 30.3 Å². The summed E-state index contributed by atoms with van der Waals surface area (Å²) in [5, 5.41) is 7.73. The second kappa shape index (κ2) is 12.5. The number of likely N-dealkylation sites (tertiary alicyclic amines) is 1. The Balaban J connectivity index is 1.43. The van der Waals surface area contributed by atoms with E-state index >= 15 is 0 Å². The number of methoxy groups -OCH3 is 2. The molecule has 2 unspecified atom stereocenters. The normalized spacial score (nSPS) is 19.4. The standard InChI is InChI=1S/C29H34FN7O4/c1-17-27-24(35-29(31)32-17)13-23(20-10-9-19(30)12-21(20)22-7-4-8-25(33-22)40-3)34-28(27)36-41-16-26(38)37-11-5-6-18(14-37)15-39-2/h4,7-10,12,18,23H,5-6,11,13-16H2,1-3H3,(H,34,36)(H2,31,32,35). The van der Waals surface area contributed by atoms with Crippen LogP contribution in [0.15, 0.2) is 41.6 Å². The molecular formula is C29H34FN7O4. The molecule has 1 fully saturated rings. The summed E-state index contributed by atoms with van der Waals surface area (Å²) in [5.41, 5.74) is 9.86. The maximum Gasteiger partial charge on any atom is 0.263 e. The number of aryl methyl sites for hydroxylation is 1. The third-order valence-corrected chi connectivity index (χ3v) is 7.34. The number of fused-ring (bicyclic) bond motifs is 1. The molecule has 11 nitrogen and oxygen atoms in total. The maximum atomic E-state index is 14.5. The molecule has 0 spiro atoms. The topological polar surface area (TPSA) is 137 Å². The molecule has 41 heavy (non-hydrogen) atoms. The van der Waals surface area contributed by atoms with E-state index in [9.17, 15) is 9.18 Å². The average molecular weight is 564 g/mol. The number of halogens is 1. The van der Waals surface area contributed by atoms with E-state index in [0.29, 0.717) is 72.0 Å². The van der Waals surface area contributed by atoms with Gasteiger partial charge >= 0.3 is 0 Å². The Kier molecular flexibility index (Phi) is 8.58. The molecule has 0 radical (unpaired) electrons. The molecule has 3 aromatic rings. The zero-order valence-corrected chi connectivity index (χ0v) is 23.4. The van der Waals surface area contributed by atoms with Crippen molar-refractivity contribution in [2.45, 2.75) is 32.2 Å². The predicted octanol–water partition coefficient (Wildman–Crippen LogP) is 3.03. The van der Waals surface area contributed by atoms with Crippen LogP contribution in [0.1, 0.15) is 41.4 Å². The number of rotatable bonds is 8. The number of benzene rings is 1. The predicted molar refractivity (Wildman–Crippen MR) is 151 cm³/mol. The van der Waals surface area contributed by atoms with Crippen molar-refractivity contribution in [3.8, 4) is 17.1 Å². The van der Waals surface area contributed by atoms with E-state index in [2.05, 4.69) is 25.4 Å². The molecular weight excluding hydrogens is 529 g/mol. The Morgan fingerprint density at radius 3 is 2.88 bits per heavy atom. The number of ether oxygens (including phenoxy) is 2. The number of nitrogens with one attached hydrogen (secondary N) is 1. The molecule has 0 bridgehead atoms. The van der Waals surface area contributed by atoms with Crippen LogP contribution in [-0.4, -0.2) is 72.1 Å². The third-order valence-electron chi connectivity index (χ3n) is 7.34. The fraction of sp³-hybridized carbons (Fsp3) is 0.414. The number of carbonyl (C=O) groups excluding carboxylic acids is 1. The molecule has 2 aliphatic rings. The van der Waals surface area contributed by atoms with E-state index in [0.717, 1.165) is 18.4 Å². The summed E-state index contributed by atoms with van der Waals surface area (Å²) in [5.74, 6) is 0.698. The number of aromatic nitrogens is 3. The van der Waals surface area contributed by atoms with Gasteiger partial charge in [0.2, 0.25) is 11.8 Å². The summed E-state index contributed by atoms with van der Waals surface area (Å²) < 4.78 is 25.0. The van der Waals surface area contributed by atoms with Gasteiger partial charge in [0.25, 0.3) is 5.91 Å². The lowest BCUT2D eigenvalue weighted by Gasteiger charge is -2.32.